The van der Waals surface area contributed by atoms with Gasteiger partial charge in [0.15, 0.2) is 0 Å². The number of thiophene rings is 1. The molecule has 0 fully saturated rings. The average molecular weight is 303 g/mol. The highest BCUT2D eigenvalue weighted by molar-refractivity contribution is 7.11. The zero-order chi connectivity index (χ0) is 15.2. The van der Waals surface area contributed by atoms with Gasteiger partial charge >= 0.3 is 0 Å². The van der Waals surface area contributed by atoms with Crippen LogP contribution in [0.3, 0.4) is 0 Å². The van der Waals surface area contributed by atoms with Crippen LogP contribution in [0.1, 0.15) is 25.7 Å². The van der Waals surface area contributed by atoms with Gasteiger partial charge in [0.25, 0.3) is 5.91 Å². The summed E-state index contributed by atoms with van der Waals surface area (Å²) in [4.78, 5) is 14.4. The Hall–Kier alpha value is -2.16. The number of carbonyl (C=O) groups excluding carboxylic acids is 1. The Labute approximate surface area is 126 Å². The van der Waals surface area contributed by atoms with E-state index >= 15 is 0 Å². The van der Waals surface area contributed by atoms with Crippen LogP contribution in [0, 0.1) is 24.6 Å². The highest BCUT2D eigenvalue weighted by Crippen LogP contribution is 2.15. The summed E-state index contributed by atoms with van der Waals surface area (Å²) in [7, 11) is 0. The quantitative estimate of drug-likeness (QED) is 0.856. The maximum absolute atomic E-state index is 13.3. The first kappa shape index (κ1) is 15.2. The van der Waals surface area contributed by atoms with Crippen LogP contribution >= 0.6 is 11.3 Å². The fourth-order valence-electron chi connectivity index (χ4n) is 1.79. The van der Waals surface area contributed by atoms with E-state index in [1.807, 2.05) is 19.1 Å². The van der Waals surface area contributed by atoms with E-state index in [-0.39, 0.29) is 18.1 Å². The summed E-state index contributed by atoms with van der Waals surface area (Å²) in [6, 6.07) is 7.74. The van der Waals surface area contributed by atoms with E-state index < -0.39 is 5.82 Å². The Bertz CT molecular complexity index is 713. The van der Waals surface area contributed by atoms with E-state index in [1.165, 1.54) is 17.0 Å². The monoisotopic (exact) mass is 303 g/mol. The van der Waals surface area contributed by atoms with Crippen LogP contribution in [-0.4, -0.2) is 17.6 Å². The molecule has 1 amide bonds. The molecule has 0 aliphatic rings. The number of amides is 1. The molecule has 2 aromatic rings. The molecular formula is C16H14FNO2S. The Kier molecular flexibility index (Phi) is 5.09. The second kappa shape index (κ2) is 7.02. The Morgan fingerprint density at radius 3 is 2.86 bits per heavy atom. The maximum Gasteiger partial charge on any atom is 0.252 e. The molecule has 2 N–H and O–H groups in total. The lowest BCUT2D eigenvalue weighted by molar-refractivity contribution is 0.0950. The summed E-state index contributed by atoms with van der Waals surface area (Å²) in [6.07, 6.45) is 0. The maximum atomic E-state index is 13.3. The fourth-order valence-corrected chi connectivity index (χ4v) is 2.62. The van der Waals surface area contributed by atoms with E-state index in [1.54, 1.807) is 11.3 Å². The normalized spacial score (nSPS) is 9.86. The van der Waals surface area contributed by atoms with Gasteiger partial charge in [-0.1, -0.05) is 11.8 Å². The lowest BCUT2D eigenvalue weighted by atomic mass is 10.1. The molecule has 5 heteroatoms. The van der Waals surface area contributed by atoms with Crippen molar-refractivity contribution in [1.29, 1.82) is 0 Å². The van der Waals surface area contributed by atoms with Crippen molar-refractivity contribution in [2.24, 2.45) is 0 Å². The van der Waals surface area contributed by atoms with Crippen LogP contribution < -0.4 is 5.32 Å². The van der Waals surface area contributed by atoms with Crippen molar-refractivity contribution in [2.75, 3.05) is 6.61 Å². The van der Waals surface area contributed by atoms with Crippen molar-refractivity contribution in [1.82, 2.24) is 5.32 Å². The molecule has 0 unspecified atom stereocenters. The molecule has 108 valence electrons. The molecule has 1 heterocycles. The molecule has 0 bridgehead atoms. The van der Waals surface area contributed by atoms with Crippen LogP contribution in [-0.2, 0) is 6.54 Å². The first-order valence-corrected chi connectivity index (χ1v) is 7.14. The molecule has 0 aliphatic carbocycles. The van der Waals surface area contributed by atoms with E-state index in [4.69, 9.17) is 5.11 Å². The van der Waals surface area contributed by atoms with Crippen molar-refractivity contribution >= 4 is 17.2 Å². The molecule has 0 saturated carbocycles. The van der Waals surface area contributed by atoms with Gasteiger partial charge in [0.05, 0.1) is 12.1 Å². The summed E-state index contributed by atoms with van der Waals surface area (Å²) >= 11 is 1.60. The highest BCUT2D eigenvalue weighted by Gasteiger charge is 2.11. The number of benzene rings is 1. The molecule has 0 atom stereocenters. The molecule has 21 heavy (non-hydrogen) atoms. The molecule has 1 aromatic heterocycles. The highest BCUT2D eigenvalue weighted by atomic mass is 32.1. The summed E-state index contributed by atoms with van der Waals surface area (Å²) in [6.45, 7) is 2.07. The van der Waals surface area contributed by atoms with Crippen LogP contribution in [0.15, 0.2) is 30.3 Å². The second-order valence-corrected chi connectivity index (χ2v) is 5.72. The third-order valence-electron chi connectivity index (χ3n) is 2.75. The van der Waals surface area contributed by atoms with Gasteiger partial charge in [0, 0.05) is 15.3 Å². The first-order valence-electron chi connectivity index (χ1n) is 6.33. The van der Waals surface area contributed by atoms with Crippen molar-refractivity contribution in [3.05, 3.63) is 57.0 Å². The zero-order valence-corrected chi connectivity index (χ0v) is 12.3. The van der Waals surface area contributed by atoms with Crippen LogP contribution in [0.2, 0.25) is 0 Å². The number of aliphatic hydroxyl groups excluding tert-OH is 1. The van der Waals surface area contributed by atoms with Gasteiger partial charge in [-0.05, 0) is 37.3 Å². The summed E-state index contributed by atoms with van der Waals surface area (Å²) < 4.78 is 13.3. The predicted octanol–water partition coefficient (Wildman–Crippen LogP) is 2.47. The van der Waals surface area contributed by atoms with Gasteiger partial charge in [0.1, 0.15) is 12.4 Å². The third kappa shape index (κ3) is 4.15. The van der Waals surface area contributed by atoms with E-state index in [2.05, 4.69) is 17.2 Å². The molecule has 0 aliphatic heterocycles. The molecule has 3 nitrogen and oxygen atoms in total. The zero-order valence-electron chi connectivity index (χ0n) is 11.4. The van der Waals surface area contributed by atoms with Crippen molar-refractivity contribution < 1.29 is 14.3 Å². The van der Waals surface area contributed by atoms with Crippen LogP contribution in [0.25, 0.3) is 0 Å². The first-order chi connectivity index (χ1) is 10.1. The number of hydrogen-bond donors (Lipinski definition) is 2. The summed E-state index contributed by atoms with van der Waals surface area (Å²) in [5, 5.41) is 11.5. The predicted molar refractivity (Wildman–Crippen MR) is 80.6 cm³/mol. The molecule has 0 radical (unpaired) electrons. The van der Waals surface area contributed by atoms with Crippen molar-refractivity contribution in [3.63, 3.8) is 0 Å². The number of nitrogens with one attached hydrogen (secondary N) is 1. The standard InChI is InChI=1S/C16H14FNO2S/c1-11-4-7-14(21-11)10-18-16(20)15-9-13(17)6-5-12(15)3-2-8-19/h4-7,9,19H,8,10H2,1H3,(H,18,20). The smallest absolute Gasteiger partial charge is 0.252 e. The van der Waals surface area contributed by atoms with E-state index in [9.17, 15) is 9.18 Å². The largest absolute Gasteiger partial charge is 0.384 e. The molecule has 0 saturated heterocycles. The lowest BCUT2D eigenvalue weighted by Gasteiger charge is -2.06. The van der Waals surface area contributed by atoms with Gasteiger partial charge in [-0.2, -0.15) is 0 Å². The van der Waals surface area contributed by atoms with Gasteiger partial charge < -0.3 is 10.4 Å². The number of halogens is 1. The number of hydrogen-bond acceptors (Lipinski definition) is 3. The van der Waals surface area contributed by atoms with Gasteiger partial charge in [-0.15, -0.1) is 11.3 Å². The molecule has 2 rings (SSSR count). The Morgan fingerprint density at radius 2 is 2.19 bits per heavy atom. The average Bonchev–Trinajstić information content (AvgIpc) is 2.89. The number of carbonyl (C=O) groups is 1. The van der Waals surface area contributed by atoms with Gasteiger partial charge in [0.2, 0.25) is 0 Å². The summed E-state index contributed by atoms with van der Waals surface area (Å²) in [5.74, 6) is 4.23. The molecule has 1 aromatic carbocycles. The SMILES string of the molecule is Cc1ccc(CNC(=O)c2cc(F)ccc2C#CCO)s1. The molecular weight excluding hydrogens is 289 g/mol. The van der Waals surface area contributed by atoms with Crippen LogP contribution in [0.4, 0.5) is 4.39 Å². The lowest BCUT2D eigenvalue weighted by Crippen LogP contribution is -2.23. The van der Waals surface area contributed by atoms with E-state index in [0.29, 0.717) is 12.1 Å². The van der Waals surface area contributed by atoms with Gasteiger partial charge in [-0.25, -0.2) is 4.39 Å². The minimum absolute atomic E-state index is 0.171. The fraction of sp³-hybridized carbons (Fsp3) is 0.188. The number of aryl methyl sites for hydroxylation is 1. The summed E-state index contributed by atoms with van der Waals surface area (Å²) in [5.41, 5.74) is 0.564. The van der Waals surface area contributed by atoms with Crippen molar-refractivity contribution in [2.45, 2.75) is 13.5 Å². The Balaban J connectivity index is 2.15. The van der Waals surface area contributed by atoms with Gasteiger partial charge in [-0.3, -0.25) is 4.79 Å². The number of rotatable bonds is 3. The Morgan fingerprint density at radius 1 is 1.38 bits per heavy atom. The third-order valence-corrected chi connectivity index (χ3v) is 3.75. The topological polar surface area (TPSA) is 49.3 Å². The van der Waals surface area contributed by atoms with E-state index in [0.717, 1.165) is 10.9 Å². The second-order valence-electron chi connectivity index (χ2n) is 4.34. The number of aliphatic hydroxyl groups is 1. The minimum atomic E-state index is -0.498. The van der Waals surface area contributed by atoms with Crippen LogP contribution in [0.5, 0.6) is 0 Å². The van der Waals surface area contributed by atoms with Crippen molar-refractivity contribution in [3.8, 4) is 11.8 Å². The minimum Gasteiger partial charge on any atom is -0.384 e. The molecule has 0 spiro atoms.